The molecule has 0 unspecified atom stereocenters. The Morgan fingerprint density at radius 1 is 0.478 bits per heavy atom. The van der Waals surface area contributed by atoms with Gasteiger partial charge in [-0.05, 0) is 126 Å². The summed E-state index contributed by atoms with van der Waals surface area (Å²) in [6, 6.07) is 46.3. The molecule has 0 saturated carbocycles. The first-order chi connectivity index (χ1) is 32.4. The summed E-state index contributed by atoms with van der Waals surface area (Å²) in [6.45, 7) is 37.4. The van der Waals surface area contributed by atoms with Crippen molar-refractivity contribution in [2.24, 2.45) is 0 Å². The molecule has 356 valence electrons. The third-order valence-electron chi connectivity index (χ3n) is 13.8. The van der Waals surface area contributed by atoms with Gasteiger partial charge in [0.15, 0.2) is 0 Å². The summed E-state index contributed by atoms with van der Waals surface area (Å²) in [5.74, 6) is 0.272. The molecule has 0 atom stereocenters. The molecule has 8 rings (SSSR count). The van der Waals surface area contributed by atoms with Gasteiger partial charge in [0.25, 0.3) is 0 Å². The van der Waals surface area contributed by atoms with E-state index in [1.807, 2.05) is 20.0 Å². The quantitative estimate of drug-likeness (QED) is 0.173. The third-order valence-corrected chi connectivity index (χ3v) is 13.8. The third kappa shape index (κ3) is 9.96. The van der Waals surface area contributed by atoms with Crippen molar-refractivity contribution in [1.82, 2.24) is 14.5 Å². The number of aromatic hydroxyl groups is 1. The van der Waals surface area contributed by atoms with Crippen molar-refractivity contribution >= 4 is 11.0 Å². The first-order valence-corrected chi connectivity index (χ1v) is 24.8. The van der Waals surface area contributed by atoms with Crippen LogP contribution in [0.3, 0.4) is 0 Å². The number of imidazole rings is 1. The van der Waals surface area contributed by atoms with Crippen molar-refractivity contribution in [3.63, 3.8) is 0 Å². The molecule has 6 aromatic carbocycles. The van der Waals surface area contributed by atoms with Gasteiger partial charge in [-0.2, -0.15) is 0 Å². The van der Waals surface area contributed by atoms with Gasteiger partial charge in [0, 0.05) is 29.8 Å². The highest BCUT2D eigenvalue weighted by Gasteiger charge is 2.30. The highest BCUT2D eigenvalue weighted by atomic mass is 16.3. The summed E-state index contributed by atoms with van der Waals surface area (Å²) in [6.07, 6.45) is 1.90. The molecule has 2 aromatic heterocycles. The number of fused-ring (bicyclic) bond motifs is 1. The smallest absolute Gasteiger partial charge is 0.149 e. The standard InChI is InChI=1S/C65H75N3O/c1-40(2)41-21-23-42(24-22-41)44-31-32-66-55(36-44)46-33-45(34-49(35-46)63(9,10)11)52-19-18-20-56-58(52)67-60(53-37-50(64(12,13)14)38-54(59(53)69)65(15,16)17)68(56)57-39-48(62(6,7)8)29-30-51(57)43-25-27-47(28-26-43)61(3,4)5/h18-40,69H,1-17H3/i40D. The van der Waals surface area contributed by atoms with Crippen molar-refractivity contribution in [3.8, 4) is 67.5 Å². The number of hydrogen-bond acceptors (Lipinski definition) is 3. The Balaban J connectivity index is 1.45. The number of aromatic nitrogens is 3. The number of para-hydroxylation sites is 1. The number of phenolic OH excluding ortho intramolecular Hbond substituents is 1. The van der Waals surface area contributed by atoms with Gasteiger partial charge in [-0.1, -0.05) is 203 Å². The Labute approximate surface area is 415 Å². The van der Waals surface area contributed by atoms with Crippen LogP contribution in [0.25, 0.3) is 72.7 Å². The Hall–Kier alpha value is -6.26. The molecule has 2 heterocycles. The van der Waals surface area contributed by atoms with E-state index in [1.165, 1.54) is 16.7 Å². The number of phenols is 1. The SMILES string of the molecule is [2H]C(C)(C)c1ccc(-c2ccnc(-c3cc(-c4cccc5c4nc(-c4cc(C(C)(C)C)cc(C(C)(C)C)c4O)n5-c4cc(C(C)(C)C)ccc4-c4ccc(C(C)(C)C)cc4)cc(C(C)(C)C)c3)c2)cc1. The maximum absolute atomic E-state index is 12.7. The second-order valence-electron chi connectivity index (χ2n) is 24.7. The zero-order chi connectivity index (χ0) is 51.1. The number of rotatable bonds is 7. The lowest BCUT2D eigenvalue weighted by Crippen LogP contribution is -2.17. The Morgan fingerprint density at radius 3 is 1.65 bits per heavy atom. The maximum Gasteiger partial charge on any atom is 0.149 e. The largest absolute Gasteiger partial charge is 0.507 e. The molecule has 0 radical (unpaired) electrons. The number of hydrogen-bond donors (Lipinski definition) is 1. The Bertz CT molecular complexity index is 3240. The van der Waals surface area contributed by atoms with E-state index in [9.17, 15) is 5.11 Å². The van der Waals surface area contributed by atoms with Gasteiger partial charge >= 0.3 is 0 Å². The van der Waals surface area contributed by atoms with Crippen molar-refractivity contribution in [2.75, 3.05) is 0 Å². The highest BCUT2D eigenvalue weighted by molar-refractivity contribution is 5.98. The fourth-order valence-electron chi connectivity index (χ4n) is 9.27. The van der Waals surface area contributed by atoms with Crippen LogP contribution in [-0.4, -0.2) is 19.6 Å². The van der Waals surface area contributed by atoms with Gasteiger partial charge in [0.1, 0.15) is 11.6 Å². The van der Waals surface area contributed by atoms with Crippen LogP contribution >= 0.6 is 0 Å². The van der Waals surface area contributed by atoms with Crippen molar-refractivity contribution < 1.29 is 6.48 Å². The predicted octanol–water partition coefficient (Wildman–Crippen LogP) is 18.1. The maximum atomic E-state index is 12.7. The fourth-order valence-corrected chi connectivity index (χ4v) is 9.27. The van der Waals surface area contributed by atoms with E-state index < -0.39 is 5.89 Å². The van der Waals surface area contributed by atoms with Crippen molar-refractivity contribution in [3.05, 3.63) is 167 Å². The molecule has 0 fully saturated rings. The molecule has 0 bridgehead atoms. The van der Waals surface area contributed by atoms with Crippen LogP contribution in [0.5, 0.6) is 5.75 Å². The van der Waals surface area contributed by atoms with Gasteiger partial charge in [-0.15, -0.1) is 0 Å². The van der Waals surface area contributed by atoms with E-state index in [1.54, 1.807) is 0 Å². The minimum absolute atomic E-state index is 0.0115. The lowest BCUT2D eigenvalue weighted by atomic mass is 9.79. The molecule has 0 saturated heterocycles. The van der Waals surface area contributed by atoms with Gasteiger partial charge in [-0.25, -0.2) is 4.98 Å². The number of nitrogens with zero attached hydrogens (tertiary/aromatic N) is 3. The van der Waals surface area contributed by atoms with E-state index in [-0.39, 0.29) is 32.8 Å². The van der Waals surface area contributed by atoms with Crippen molar-refractivity contribution in [1.29, 1.82) is 0 Å². The van der Waals surface area contributed by atoms with E-state index in [4.69, 9.17) is 11.3 Å². The summed E-state index contributed by atoms with van der Waals surface area (Å²) >= 11 is 0. The molecular weight excluding hydrogens is 839 g/mol. The van der Waals surface area contributed by atoms with Gasteiger partial charge in [0.05, 0.1) is 28.0 Å². The summed E-state index contributed by atoms with van der Waals surface area (Å²) in [7, 11) is 0. The summed E-state index contributed by atoms with van der Waals surface area (Å²) in [4.78, 5) is 10.7. The zero-order valence-electron chi connectivity index (χ0n) is 45.5. The van der Waals surface area contributed by atoms with Crippen LogP contribution in [0.1, 0.15) is 158 Å². The summed E-state index contributed by atoms with van der Waals surface area (Å²) in [5.41, 5.74) is 17.7. The molecule has 0 aliphatic carbocycles. The normalized spacial score (nSPS) is 13.3. The average molecular weight is 915 g/mol. The fraction of sp³-hybridized carbons (Fsp3) is 0.354. The zero-order valence-corrected chi connectivity index (χ0v) is 44.5. The molecule has 4 nitrogen and oxygen atoms in total. The van der Waals surface area contributed by atoms with Gasteiger partial charge in [0.2, 0.25) is 0 Å². The van der Waals surface area contributed by atoms with Crippen LogP contribution in [0.15, 0.2) is 134 Å². The Morgan fingerprint density at radius 2 is 1.06 bits per heavy atom. The number of pyridine rings is 1. The van der Waals surface area contributed by atoms with E-state index in [2.05, 4.69) is 236 Å². The monoisotopic (exact) mass is 915 g/mol. The first-order valence-electron chi connectivity index (χ1n) is 25.3. The van der Waals surface area contributed by atoms with Gasteiger partial charge < -0.3 is 5.11 Å². The van der Waals surface area contributed by atoms with Crippen LogP contribution in [0.2, 0.25) is 0 Å². The second kappa shape index (κ2) is 17.6. The minimum atomic E-state index is -0.672. The first kappa shape index (κ1) is 47.8. The molecule has 0 aliphatic heterocycles. The molecule has 8 aromatic rings. The molecular formula is C65H75N3O. The van der Waals surface area contributed by atoms with Crippen molar-refractivity contribution in [2.45, 2.75) is 151 Å². The molecule has 69 heavy (non-hydrogen) atoms. The van der Waals surface area contributed by atoms with E-state index >= 15 is 0 Å². The van der Waals surface area contributed by atoms with Crippen LogP contribution in [-0.2, 0) is 27.1 Å². The van der Waals surface area contributed by atoms with Gasteiger partial charge in [-0.3, -0.25) is 9.55 Å². The van der Waals surface area contributed by atoms with E-state index in [0.717, 1.165) is 78.0 Å². The van der Waals surface area contributed by atoms with E-state index in [0.29, 0.717) is 11.4 Å². The van der Waals surface area contributed by atoms with Crippen LogP contribution in [0, 0.1) is 0 Å². The Kier molecular flexibility index (Phi) is 12.2. The molecule has 0 amide bonds. The average Bonchev–Trinajstić information content (AvgIpc) is 3.66. The highest BCUT2D eigenvalue weighted by Crippen LogP contribution is 2.46. The summed E-state index contributed by atoms with van der Waals surface area (Å²) < 4.78 is 10.9. The second-order valence-corrected chi connectivity index (χ2v) is 24.7. The lowest BCUT2D eigenvalue weighted by Gasteiger charge is -2.28. The summed E-state index contributed by atoms with van der Waals surface area (Å²) in [5, 5.41) is 12.7. The van der Waals surface area contributed by atoms with Crippen LogP contribution in [0.4, 0.5) is 0 Å². The predicted molar refractivity (Wildman–Crippen MR) is 295 cm³/mol. The topological polar surface area (TPSA) is 50.9 Å². The minimum Gasteiger partial charge on any atom is -0.507 e. The molecule has 0 aliphatic rings. The number of benzene rings is 6. The molecule has 0 spiro atoms. The molecule has 4 heteroatoms. The van der Waals surface area contributed by atoms with Crippen LogP contribution < -0.4 is 0 Å². The lowest BCUT2D eigenvalue weighted by molar-refractivity contribution is 0.446. The molecule has 1 N–H and O–H groups in total.